The highest BCUT2D eigenvalue weighted by Crippen LogP contribution is 2.22. The van der Waals surface area contributed by atoms with Gasteiger partial charge >= 0.3 is 5.97 Å². The second-order valence-electron chi connectivity index (χ2n) is 3.95. The van der Waals surface area contributed by atoms with E-state index in [2.05, 4.69) is 0 Å². The van der Waals surface area contributed by atoms with Gasteiger partial charge in [-0.3, -0.25) is 4.31 Å². The van der Waals surface area contributed by atoms with E-state index in [1.54, 1.807) is 12.1 Å². The number of benzene rings is 1. The molecule has 0 aliphatic rings. The van der Waals surface area contributed by atoms with Crippen LogP contribution in [0.5, 0.6) is 0 Å². The predicted molar refractivity (Wildman–Crippen MR) is 72.1 cm³/mol. The summed E-state index contributed by atoms with van der Waals surface area (Å²) in [5.41, 5.74) is 0.118. The fourth-order valence-electron chi connectivity index (χ4n) is 1.60. The fraction of sp³-hybridized carbons (Fsp3) is 0.417. The number of carboxylic acid groups (broad SMARTS) is 1. The number of carbonyl (C=O) groups is 1. The number of hydrogen-bond donors (Lipinski definition) is 1. The van der Waals surface area contributed by atoms with Gasteiger partial charge in [0, 0.05) is 20.8 Å². The molecule has 0 spiro atoms. The van der Waals surface area contributed by atoms with Crippen LogP contribution in [0.15, 0.2) is 24.3 Å². The van der Waals surface area contributed by atoms with E-state index in [1.807, 2.05) is 0 Å². The zero-order valence-corrected chi connectivity index (χ0v) is 11.7. The maximum absolute atomic E-state index is 12.1. The lowest BCUT2D eigenvalue weighted by Crippen LogP contribution is -2.30. The third-order valence-electron chi connectivity index (χ3n) is 2.64. The van der Waals surface area contributed by atoms with E-state index in [0.29, 0.717) is 13.0 Å². The molecule has 0 atom stereocenters. The van der Waals surface area contributed by atoms with E-state index in [4.69, 9.17) is 9.84 Å². The first kappa shape index (κ1) is 15.5. The van der Waals surface area contributed by atoms with Gasteiger partial charge in [-0.25, -0.2) is 13.2 Å². The molecule has 0 aromatic heterocycles. The van der Waals surface area contributed by atoms with Crippen molar-refractivity contribution in [3.8, 4) is 0 Å². The van der Waals surface area contributed by atoms with Crippen LogP contribution in [0.2, 0.25) is 0 Å². The van der Waals surface area contributed by atoms with Gasteiger partial charge in [0.15, 0.2) is 0 Å². The number of methoxy groups -OCH3 is 1. The van der Waals surface area contributed by atoms with Gasteiger partial charge in [0.2, 0.25) is 10.0 Å². The number of hydrogen-bond acceptors (Lipinski definition) is 4. The van der Waals surface area contributed by atoms with Crippen molar-refractivity contribution in [1.29, 1.82) is 0 Å². The summed E-state index contributed by atoms with van der Waals surface area (Å²) in [5, 5.41) is 9.05. The Labute approximate surface area is 112 Å². The van der Waals surface area contributed by atoms with E-state index in [9.17, 15) is 13.2 Å². The summed E-state index contributed by atoms with van der Waals surface area (Å²) >= 11 is 0. The maximum atomic E-state index is 12.1. The third kappa shape index (κ3) is 3.93. The maximum Gasteiger partial charge on any atom is 0.337 e. The van der Waals surface area contributed by atoms with E-state index in [1.165, 1.54) is 26.3 Å². The van der Waals surface area contributed by atoms with Crippen LogP contribution in [0.1, 0.15) is 16.8 Å². The Hall–Kier alpha value is -1.60. The first-order valence-corrected chi connectivity index (χ1v) is 7.29. The fourth-order valence-corrected chi connectivity index (χ4v) is 2.82. The van der Waals surface area contributed by atoms with Gasteiger partial charge in [0.1, 0.15) is 0 Å². The van der Waals surface area contributed by atoms with Gasteiger partial charge in [-0.05, 0) is 18.6 Å². The van der Waals surface area contributed by atoms with Crippen molar-refractivity contribution in [3.63, 3.8) is 0 Å². The van der Waals surface area contributed by atoms with Crippen molar-refractivity contribution >= 4 is 21.7 Å². The summed E-state index contributed by atoms with van der Waals surface area (Å²) in [7, 11) is -0.704. The van der Waals surface area contributed by atoms with Gasteiger partial charge < -0.3 is 9.84 Å². The molecule has 0 amide bonds. The van der Waals surface area contributed by atoms with Crippen molar-refractivity contribution in [2.75, 3.05) is 30.8 Å². The van der Waals surface area contributed by atoms with Crippen molar-refractivity contribution in [2.45, 2.75) is 6.42 Å². The SMILES string of the molecule is COCCCS(=O)(=O)N(C)c1ccccc1C(=O)O. The largest absolute Gasteiger partial charge is 0.478 e. The van der Waals surface area contributed by atoms with Crippen molar-refractivity contribution in [3.05, 3.63) is 29.8 Å². The van der Waals surface area contributed by atoms with Crippen molar-refractivity contribution in [1.82, 2.24) is 0 Å². The second kappa shape index (κ2) is 6.53. The standard InChI is InChI=1S/C12H17NO5S/c1-13(19(16,17)9-5-8-18-2)11-7-4-3-6-10(11)12(14)15/h3-4,6-7H,5,8-9H2,1-2H3,(H,14,15). The van der Waals surface area contributed by atoms with Gasteiger partial charge in [0.25, 0.3) is 0 Å². The molecular weight excluding hydrogens is 270 g/mol. The molecule has 0 fully saturated rings. The molecule has 1 rings (SSSR count). The molecule has 19 heavy (non-hydrogen) atoms. The Bertz CT molecular complexity index is 541. The monoisotopic (exact) mass is 287 g/mol. The van der Waals surface area contributed by atoms with Gasteiger partial charge in [-0.15, -0.1) is 0 Å². The summed E-state index contributed by atoms with van der Waals surface area (Å²) in [4.78, 5) is 11.1. The van der Waals surface area contributed by atoms with Crippen LogP contribution in [0.4, 0.5) is 5.69 Å². The topological polar surface area (TPSA) is 83.9 Å². The predicted octanol–water partition coefficient (Wildman–Crippen LogP) is 1.19. The Kier molecular flexibility index (Phi) is 5.31. The van der Waals surface area contributed by atoms with Crippen LogP contribution in [0.25, 0.3) is 0 Å². The molecule has 1 aromatic rings. The summed E-state index contributed by atoms with van der Waals surface area (Å²) in [6.45, 7) is 0.341. The lowest BCUT2D eigenvalue weighted by molar-refractivity contribution is 0.0698. The van der Waals surface area contributed by atoms with Crippen LogP contribution in [0.3, 0.4) is 0 Å². The number of nitrogens with zero attached hydrogens (tertiary/aromatic N) is 1. The first-order valence-electron chi connectivity index (χ1n) is 5.68. The highest BCUT2D eigenvalue weighted by molar-refractivity contribution is 7.92. The zero-order chi connectivity index (χ0) is 14.5. The molecule has 0 saturated heterocycles. The molecular formula is C12H17NO5S. The molecule has 7 heteroatoms. The summed E-state index contributed by atoms with van der Waals surface area (Å²) in [6, 6.07) is 6.00. The number of rotatable bonds is 7. The minimum atomic E-state index is -3.55. The molecule has 1 N–H and O–H groups in total. The quantitative estimate of drug-likeness (QED) is 0.761. The zero-order valence-electron chi connectivity index (χ0n) is 10.9. The average molecular weight is 287 g/mol. The van der Waals surface area contributed by atoms with Crippen LogP contribution in [-0.4, -0.2) is 46.0 Å². The van der Waals surface area contributed by atoms with Gasteiger partial charge in [-0.1, -0.05) is 12.1 Å². The number of aromatic carboxylic acids is 1. The minimum Gasteiger partial charge on any atom is -0.478 e. The summed E-state index contributed by atoms with van der Waals surface area (Å²) in [5.74, 6) is -1.25. The number of sulfonamides is 1. The normalized spacial score (nSPS) is 11.3. The molecule has 6 nitrogen and oxygen atoms in total. The Morgan fingerprint density at radius 2 is 2.00 bits per heavy atom. The van der Waals surface area contributed by atoms with Gasteiger partial charge in [-0.2, -0.15) is 0 Å². The Balaban J connectivity index is 2.99. The minimum absolute atomic E-state index is 0.0414. The highest BCUT2D eigenvalue weighted by Gasteiger charge is 2.22. The average Bonchev–Trinajstić information content (AvgIpc) is 2.38. The van der Waals surface area contributed by atoms with Crippen LogP contribution >= 0.6 is 0 Å². The molecule has 0 radical (unpaired) electrons. The lowest BCUT2D eigenvalue weighted by Gasteiger charge is -2.21. The number of ether oxygens (including phenoxy) is 1. The molecule has 0 heterocycles. The van der Waals surface area contributed by atoms with E-state index in [0.717, 1.165) is 4.31 Å². The Morgan fingerprint density at radius 1 is 1.37 bits per heavy atom. The first-order chi connectivity index (χ1) is 8.90. The molecule has 0 aliphatic heterocycles. The van der Waals surface area contributed by atoms with Crippen LogP contribution < -0.4 is 4.31 Å². The van der Waals surface area contributed by atoms with Gasteiger partial charge in [0.05, 0.1) is 17.0 Å². The molecule has 0 aliphatic carbocycles. The molecule has 106 valence electrons. The third-order valence-corrected chi connectivity index (χ3v) is 4.48. The molecule has 0 unspecified atom stereocenters. The smallest absolute Gasteiger partial charge is 0.337 e. The second-order valence-corrected chi connectivity index (χ2v) is 6.07. The van der Waals surface area contributed by atoms with Crippen molar-refractivity contribution < 1.29 is 23.1 Å². The summed E-state index contributed by atoms with van der Waals surface area (Å²) in [6.07, 6.45) is 0.360. The highest BCUT2D eigenvalue weighted by atomic mass is 32.2. The van der Waals surface area contributed by atoms with E-state index >= 15 is 0 Å². The molecule has 0 saturated carbocycles. The van der Waals surface area contributed by atoms with E-state index in [-0.39, 0.29) is 17.0 Å². The number of para-hydroxylation sites is 1. The lowest BCUT2D eigenvalue weighted by atomic mass is 10.2. The number of anilines is 1. The number of carboxylic acids is 1. The van der Waals surface area contributed by atoms with Crippen molar-refractivity contribution in [2.24, 2.45) is 0 Å². The molecule has 0 bridgehead atoms. The summed E-state index contributed by atoms with van der Waals surface area (Å²) < 4.78 is 29.9. The van der Waals surface area contributed by atoms with Crippen LogP contribution in [-0.2, 0) is 14.8 Å². The Morgan fingerprint density at radius 3 is 2.58 bits per heavy atom. The van der Waals surface area contributed by atoms with Crippen LogP contribution in [0, 0.1) is 0 Å². The molecule has 1 aromatic carbocycles. The van der Waals surface area contributed by atoms with E-state index < -0.39 is 16.0 Å².